The van der Waals surface area contributed by atoms with E-state index >= 15 is 0 Å². The standard InChI is InChI=1S/C23H22BrNO/c1-3-16-14-21(24)15-17(4-2)22(16)25-23(26)20-12-10-19(11-13-20)18-8-6-5-7-9-18/h5-15H,3-4H2,1-2H3,(H,25,26). The van der Waals surface area contributed by atoms with Crippen molar-refractivity contribution in [2.45, 2.75) is 26.7 Å². The number of rotatable bonds is 5. The van der Waals surface area contributed by atoms with Crippen molar-refractivity contribution in [1.29, 1.82) is 0 Å². The highest BCUT2D eigenvalue weighted by molar-refractivity contribution is 9.10. The second kappa shape index (κ2) is 8.33. The number of carbonyl (C=O) groups is 1. The highest BCUT2D eigenvalue weighted by Crippen LogP contribution is 2.28. The Morgan fingerprint density at radius 2 is 1.38 bits per heavy atom. The van der Waals surface area contributed by atoms with Crippen LogP contribution >= 0.6 is 15.9 Å². The smallest absolute Gasteiger partial charge is 0.255 e. The van der Waals surface area contributed by atoms with E-state index in [9.17, 15) is 4.79 Å². The molecule has 2 nitrogen and oxygen atoms in total. The minimum absolute atomic E-state index is 0.0728. The summed E-state index contributed by atoms with van der Waals surface area (Å²) in [5.74, 6) is -0.0728. The van der Waals surface area contributed by atoms with Crippen molar-refractivity contribution >= 4 is 27.5 Å². The van der Waals surface area contributed by atoms with Crippen LogP contribution in [-0.2, 0) is 12.8 Å². The van der Waals surface area contributed by atoms with Gasteiger partial charge in [-0.25, -0.2) is 0 Å². The third-order valence-electron chi connectivity index (χ3n) is 4.52. The quantitative estimate of drug-likeness (QED) is 0.514. The monoisotopic (exact) mass is 407 g/mol. The zero-order valence-corrected chi connectivity index (χ0v) is 16.6. The van der Waals surface area contributed by atoms with Crippen molar-refractivity contribution in [2.75, 3.05) is 5.32 Å². The zero-order valence-electron chi connectivity index (χ0n) is 15.1. The molecular weight excluding hydrogens is 386 g/mol. The number of carbonyl (C=O) groups excluding carboxylic acids is 1. The van der Waals surface area contributed by atoms with Gasteiger partial charge in [0.05, 0.1) is 0 Å². The van der Waals surface area contributed by atoms with Crippen LogP contribution in [0.5, 0.6) is 0 Å². The van der Waals surface area contributed by atoms with Crippen LogP contribution in [0.25, 0.3) is 11.1 Å². The summed E-state index contributed by atoms with van der Waals surface area (Å²) in [4.78, 5) is 12.8. The molecule has 26 heavy (non-hydrogen) atoms. The molecule has 0 saturated heterocycles. The average Bonchev–Trinajstić information content (AvgIpc) is 2.69. The molecule has 0 spiro atoms. The Balaban J connectivity index is 1.85. The first-order valence-electron chi connectivity index (χ1n) is 8.90. The molecule has 0 radical (unpaired) electrons. The summed E-state index contributed by atoms with van der Waals surface area (Å²) >= 11 is 3.56. The molecule has 0 aliphatic rings. The van der Waals surface area contributed by atoms with Crippen LogP contribution in [0.15, 0.2) is 71.2 Å². The molecule has 3 aromatic carbocycles. The van der Waals surface area contributed by atoms with Crippen LogP contribution in [0.2, 0.25) is 0 Å². The van der Waals surface area contributed by atoms with Crippen molar-refractivity contribution < 1.29 is 4.79 Å². The number of halogens is 1. The fraction of sp³-hybridized carbons (Fsp3) is 0.174. The van der Waals surface area contributed by atoms with Crippen LogP contribution in [0.4, 0.5) is 5.69 Å². The van der Waals surface area contributed by atoms with Crippen molar-refractivity contribution in [3.8, 4) is 11.1 Å². The molecular formula is C23H22BrNO. The van der Waals surface area contributed by atoms with Crippen molar-refractivity contribution in [2.24, 2.45) is 0 Å². The lowest BCUT2D eigenvalue weighted by molar-refractivity contribution is 0.102. The predicted octanol–water partition coefficient (Wildman–Crippen LogP) is 6.49. The highest BCUT2D eigenvalue weighted by atomic mass is 79.9. The highest BCUT2D eigenvalue weighted by Gasteiger charge is 2.13. The van der Waals surface area contributed by atoms with Gasteiger partial charge in [0, 0.05) is 15.7 Å². The van der Waals surface area contributed by atoms with Gasteiger partial charge < -0.3 is 5.32 Å². The minimum atomic E-state index is -0.0728. The van der Waals surface area contributed by atoms with Crippen LogP contribution in [0.3, 0.4) is 0 Å². The summed E-state index contributed by atoms with van der Waals surface area (Å²) in [6, 6.07) is 22.1. The molecule has 0 unspecified atom stereocenters. The van der Waals surface area contributed by atoms with Crippen LogP contribution in [0.1, 0.15) is 35.3 Å². The van der Waals surface area contributed by atoms with Gasteiger partial charge in [-0.2, -0.15) is 0 Å². The normalized spacial score (nSPS) is 10.6. The van der Waals surface area contributed by atoms with E-state index < -0.39 is 0 Å². The number of benzene rings is 3. The van der Waals surface area contributed by atoms with Crippen LogP contribution in [-0.4, -0.2) is 5.91 Å². The summed E-state index contributed by atoms with van der Waals surface area (Å²) in [6.45, 7) is 4.21. The van der Waals surface area contributed by atoms with Crippen LogP contribution < -0.4 is 5.32 Å². The maximum Gasteiger partial charge on any atom is 0.255 e. The summed E-state index contributed by atoms with van der Waals surface area (Å²) in [6.07, 6.45) is 1.74. The van der Waals surface area contributed by atoms with Gasteiger partial charge in [-0.3, -0.25) is 4.79 Å². The lowest BCUT2D eigenvalue weighted by Crippen LogP contribution is -2.15. The molecule has 0 aliphatic heterocycles. The minimum Gasteiger partial charge on any atom is -0.321 e. The van der Waals surface area contributed by atoms with Gasteiger partial charge in [0.15, 0.2) is 0 Å². The summed E-state index contributed by atoms with van der Waals surface area (Å²) in [7, 11) is 0. The second-order valence-electron chi connectivity index (χ2n) is 6.20. The fourth-order valence-corrected chi connectivity index (χ4v) is 3.63. The molecule has 0 saturated carbocycles. The van der Waals surface area contributed by atoms with E-state index in [0.717, 1.165) is 45.3 Å². The molecule has 0 fully saturated rings. The van der Waals surface area contributed by atoms with Gasteiger partial charge >= 0.3 is 0 Å². The maximum absolute atomic E-state index is 12.8. The fourth-order valence-electron chi connectivity index (χ4n) is 3.07. The number of hydrogen-bond donors (Lipinski definition) is 1. The number of anilines is 1. The Morgan fingerprint density at radius 3 is 1.92 bits per heavy atom. The molecule has 1 amide bonds. The Kier molecular flexibility index (Phi) is 5.89. The first kappa shape index (κ1) is 18.4. The average molecular weight is 408 g/mol. The lowest BCUT2D eigenvalue weighted by Gasteiger charge is -2.15. The van der Waals surface area contributed by atoms with E-state index in [2.05, 4.69) is 59.4 Å². The molecule has 1 N–H and O–H groups in total. The van der Waals surface area contributed by atoms with E-state index in [-0.39, 0.29) is 5.91 Å². The molecule has 3 rings (SSSR count). The second-order valence-corrected chi connectivity index (χ2v) is 7.12. The number of hydrogen-bond acceptors (Lipinski definition) is 1. The van der Waals surface area contributed by atoms with Crippen molar-refractivity contribution in [1.82, 2.24) is 0 Å². The summed E-state index contributed by atoms with van der Waals surface area (Å²) in [5.41, 5.74) is 6.14. The predicted molar refractivity (Wildman–Crippen MR) is 113 cm³/mol. The van der Waals surface area contributed by atoms with Gasteiger partial charge in [-0.15, -0.1) is 0 Å². The zero-order chi connectivity index (χ0) is 18.5. The molecule has 132 valence electrons. The van der Waals surface area contributed by atoms with Gasteiger partial charge in [-0.05, 0) is 59.4 Å². The van der Waals surface area contributed by atoms with Crippen molar-refractivity contribution in [3.63, 3.8) is 0 Å². The molecule has 0 aromatic heterocycles. The molecule has 0 bridgehead atoms. The van der Waals surface area contributed by atoms with Gasteiger partial charge in [0.2, 0.25) is 0 Å². The number of aryl methyl sites for hydroxylation is 2. The Hall–Kier alpha value is -2.39. The van der Waals surface area contributed by atoms with E-state index in [1.165, 1.54) is 0 Å². The Bertz CT molecular complexity index is 876. The van der Waals surface area contributed by atoms with E-state index in [1.54, 1.807) is 0 Å². The largest absolute Gasteiger partial charge is 0.321 e. The topological polar surface area (TPSA) is 29.1 Å². The number of nitrogens with one attached hydrogen (secondary N) is 1. The van der Waals surface area contributed by atoms with E-state index in [0.29, 0.717) is 5.56 Å². The molecule has 3 aromatic rings. The molecule has 0 aliphatic carbocycles. The molecule has 0 heterocycles. The first-order valence-corrected chi connectivity index (χ1v) is 9.69. The molecule has 3 heteroatoms. The third kappa shape index (κ3) is 4.05. The first-order chi connectivity index (χ1) is 12.6. The summed E-state index contributed by atoms with van der Waals surface area (Å²) in [5, 5.41) is 3.12. The van der Waals surface area contributed by atoms with E-state index in [4.69, 9.17) is 0 Å². The maximum atomic E-state index is 12.8. The summed E-state index contributed by atoms with van der Waals surface area (Å²) < 4.78 is 1.05. The van der Waals surface area contributed by atoms with Gasteiger partial charge in [-0.1, -0.05) is 72.2 Å². The van der Waals surface area contributed by atoms with E-state index in [1.807, 2.05) is 42.5 Å². The third-order valence-corrected chi connectivity index (χ3v) is 4.98. The van der Waals surface area contributed by atoms with Crippen LogP contribution in [0, 0.1) is 0 Å². The Morgan fingerprint density at radius 1 is 0.846 bits per heavy atom. The Labute approximate surface area is 163 Å². The lowest BCUT2D eigenvalue weighted by atomic mass is 10.0. The molecule has 0 atom stereocenters. The SMILES string of the molecule is CCc1cc(Br)cc(CC)c1NC(=O)c1ccc(-c2ccccc2)cc1. The van der Waals surface area contributed by atoms with Gasteiger partial charge in [0.1, 0.15) is 0 Å². The van der Waals surface area contributed by atoms with Crippen molar-refractivity contribution in [3.05, 3.63) is 87.9 Å². The number of amides is 1. The van der Waals surface area contributed by atoms with Gasteiger partial charge in [0.25, 0.3) is 5.91 Å².